The molecular formula is C15H22N2O4. The Balaban J connectivity index is 2.63. The highest BCUT2D eigenvalue weighted by atomic mass is 16.4. The lowest BCUT2D eigenvalue weighted by Gasteiger charge is -2.17. The second kappa shape index (κ2) is 7.75. The van der Waals surface area contributed by atoms with Crippen molar-refractivity contribution >= 4 is 17.6 Å². The first-order valence-electron chi connectivity index (χ1n) is 6.88. The van der Waals surface area contributed by atoms with Crippen molar-refractivity contribution < 1.29 is 25.1 Å². The van der Waals surface area contributed by atoms with Crippen LogP contribution in [0.15, 0.2) is 18.2 Å². The summed E-state index contributed by atoms with van der Waals surface area (Å²) in [5.74, 6) is -1.71. The maximum absolute atomic E-state index is 11.9. The summed E-state index contributed by atoms with van der Waals surface area (Å²) in [4.78, 5) is 22.9. The van der Waals surface area contributed by atoms with E-state index in [9.17, 15) is 14.7 Å². The summed E-state index contributed by atoms with van der Waals surface area (Å²) in [5.41, 5.74) is 2.68. The number of carboxylic acid groups (broad SMARTS) is 1. The molecule has 4 N–H and O–H groups in total. The minimum atomic E-state index is -1.31. The van der Waals surface area contributed by atoms with Crippen molar-refractivity contribution in [1.82, 2.24) is 0 Å². The predicted octanol–water partition coefficient (Wildman–Crippen LogP) is -1.31. The van der Waals surface area contributed by atoms with E-state index in [1.807, 2.05) is 32.0 Å². The van der Waals surface area contributed by atoms with Gasteiger partial charge in [0.25, 0.3) is 0 Å². The van der Waals surface area contributed by atoms with E-state index in [4.69, 9.17) is 5.11 Å². The molecule has 0 saturated carbocycles. The molecule has 0 saturated heterocycles. The molecule has 0 aromatic heterocycles. The van der Waals surface area contributed by atoms with Crippen LogP contribution in [-0.2, 0) is 9.59 Å². The minimum absolute atomic E-state index is 0.204. The van der Waals surface area contributed by atoms with Crippen LogP contribution in [0.3, 0.4) is 0 Å². The van der Waals surface area contributed by atoms with Crippen molar-refractivity contribution in [1.29, 1.82) is 0 Å². The zero-order chi connectivity index (χ0) is 16.0. The number of aliphatic hydroxyl groups is 1. The summed E-state index contributed by atoms with van der Waals surface area (Å²) in [6.45, 7) is 5.60. The van der Waals surface area contributed by atoms with Gasteiger partial charge in [-0.15, -0.1) is 0 Å². The van der Waals surface area contributed by atoms with Gasteiger partial charge in [-0.1, -0.05) is 6.07 Å². The number of aliphatic hydroxyl groups excluding tert-OH is 1. The Labute approximate surface area is 124 Å². The van der Waals surface area contributed by atoms with Crippen LogP contribution in [0.4, 0.5) is 5.69 Å². The molecule has 6 nitrogen and oxygen atoms in total. The third-order valence-electron chi connectivity index (χ3n) is 2.98. The average Bonchev–Trinajstić information content (AvgIpc) is 2.32. The van der Waals surface area contributed by atoms with Crippen LogP contribution in [0.5, 0.6) is 0 Å². The lowest BCUT2D eigenvalue weighted by atomic mass is 10.1. The van der Waals surface area contributed by atoms with E-state index in [0.717, 1.165) is 11.1 Å². The van der Waals surface area contributed by atoms with Gasteiger partial charge in [0.1, 0.15) is 12.6 Å². The number of nitrogens with two attached hydrogens (primary N) is 1. The molecule has 1 rings (SSSR count). The van der Waals surface area contributed by atoms with Crippen LogP contribution < -0.4 is 15.7 Å². The van der Waals surface area contributed by atoms with Crippen LogP contribution in [0.25, 0.3) is 0 Å². The number of carboxylic acids is 1. The van der Waals surface area contributed by atoms with Crippen molar-refractivity contribution in [2.45, 2.75) is 39.3 Å². The summed E-state index contributed by atoms with van der Waals surface area (Å²) in [6.07, 6.45) is -0.850. The molecular weight excluding hydrogens is 272 g/mol. The maximum atomic E-state index is 11.9. The molecule has 0 heterocycles. The molecule has 0 spiro atoms. The number of anilines is 1. The maximum Gasteiger partial charge on any atom is 0.230 e. The standard InChI is InChI=1S/C15H22N2O4/c1-9-4-10(2)6-12(5-9)17-14(19)7-13(15(20)21)16-8-11(3)18/h4-6,11,13,16,18H,7-8H2,1-3H3,(H,17,19)(H,20,21)/t11-,13-/m1/s1. The van der Waals surface area contributed by atoms with Gasteiger partial charge in [-0.25, -0.2) is 0 Å². The van der Waals surface area contributed by atoms with Gasteiger partial charge in [0.05, 0.1) is 18.5 Å². The highest BCUT2D eigenvalue weighted by Crippen LogP contribution is 2.13. The molecule has 21 heavy (non-hydrogen) atoms. The number of hydrogen-bond acceptors (Lipinski definition) is 4. The number of carbonyl (C=O) groups excluding carboxylic acids is 2. The molecule has 0 aliphatic carbocycles. The van der Waals surface area contributed by atoms with E-state index < -0.39 is 24.0 Å². The van der Waals surface area contributed by atoms with Gasteiger partial charge >= 0.3 is 0 Å². The number of hydrogen-bond donors (Lipinski definition) is 3. The second-order valence-corrected chi connectivity index (χ2v) is 5.37. The number of nitrogens with one attached hydrogen (secondary N) is 1. The molecule has 0 aliphatic heterocycles. The Morgan fingerprint density at radius 2 is 1.86 bits per heavy atom. The Hall–Kier alpha value is -1.92. The first-order chi connectivity index (χ1) is 9.77. The largest absolute Gasteiger partial charge is 0.544 e. The first-order valence-corrected chi connectivity index (χ1v) is 6.88. The van der Waals surface area contributed by atoms with Gasteiger partial charge in [0, 0.05) is 5.69 Å². The van der Waals surface area contributed by atoms with Gasteiger partial charge in [-0.3, -0.25) is 4.79 Å². The fraction of sp³-hybridized carbons (Fsp3) is 0.467. The molecule has 0 fully saturated rings. The number of amides is 1. The summed E-state index contributed by atoms with van der Waals surface area (Å²) in [5, 5.41) is 24.3. The molecule has 1 amide bonds. The molecule has 0 unspecified atom stereocenters. The molecule has 0 radical (unpaired) electrons. The Bertz CT molecular complexity index is 494. The molecule has 116 valence electrons. The highest BCUT2D eigenvalue weighted by Gasteiger charge is 2.19. The highest BCUT2D eigenvalue weighted by molar-refractivity contribution is 5.93. The summed E-state index contributed by atoms with van der Waals surface area (Å²) < 4.78 is 0. The summed E-state index contributed by atoms with van der Waals surface area (Å²) in [6, 6.07) is 4.61. The number of aliphatic carboxylic acids is 1. The van der Waals surface area contributed by atoms with Crippen molar-refractivity contribution in [3.63, 3.8) is 0 Å². The van der Waals surface area contributed by atoms with Crippen LogP contribution in [0.1, 0.15) is 24.5 Å². The number of quaternary nitrogens is 1. The summed E-state index contributed by atoms with van der Waals surface area (Å²) in [7, 11) is 0. The molecule has 0 aliphatic rings. The third-order valence-corrected chi connectivity index (χ3v) is 2.98. The molecule has 0 bridgehead atoms. The van der Waals surface area contributed by atoms with Gasteiger partial charge in [0.15, 0.2) is 0 Å². The monoisotopic (exact) mass is 294 g/mol. The normalized spacial score (nSPS) is 13.5. The zero-order valence-corrected chi connectivity index (χ0v) is 12.6. The van der Waals surface area contributed by atoms with Crippen molar-refractivity contribution in [2.75, 3.05) is 11.9 Å². The number of carbonyl (C=O) groups is 2. The van der Waals surface area contributed by atoms with Gasteiger partial charge in [-0.2, -0.15) is 0 Å². The lowest BCUT2D eigenvalue weighted by molar-refractivity contribution is -0.687. The van der Waals surface area contributed by atoms with E-state index in [0.29, 0.717) is 5.69 Å². The van der Waals surface area contributed by atoms with Crippen LogP contribution in [0, 0.1) is 13.8 Å². The number of benzene rings is 1. The van der Waals surface area contributed by atoms with Crippen molar-refractivity contribution in [3.05, 3.63) is 29.3 Å². The van der Waals surface area contributed by atoms with E-state index in [1.165, 1.54) is 5.32 Å². The Kier molecular flexibility index (Phi) is 6.33. The van der Waals surface area contributed by atoms with Crippen molar-refractivity contribution in [3.8, 4) is 0 Å². The SMILES string of the molecule is Cc1cc(C)cc(NC(=O)C[C@@H]([NH2+]C[C@@H](C)O)C(=O)[O-])c1. The fourth-order valence-electron chi connectivity index (χ4n) is 2.08. The molecule has 1 aromatic carbocycles. The molecule has 1 aromatic rings. The summed E-state index contributed by atoms with van der Waals surface area (Å²) >= 11 is 0. The van der Waals surface area contributed by atoms with Gasteiger partial charge < -0.3 is 25.6 Å². The van der Waals surface area contributed by atoms with Crippen molar-refractivity contribution in [2.24, 2.45) is 0 Å². The Morgan fingerprint density at radius 3 is 2.33 bits per heavy atom. The van der Waals surface area contributed by atoms with Crippen LogP contribution >= 0.6 is 0 Å². The zero-order valence-electron chi connectivity index (χ0n) is 12.6. The second-order valence-electron chi connectivity index (χ2n) is 5.37. The van der Waals surface area contributed by atoms with E-state index >= 15 is 0 Å². The molecule has 6 heteroatoms. The fourth-order valence-corrected chi connectivity index (χ4v) is 2.08. The minimum Gasteiger partial charge on any atom is -0.544 e. The lowest BCUT2D eigenvalue weighted by Crippen LogP contribution is -2.94. The predicted molar refractivity (Wildman–Crippen MR) is 76.4 cm³/mol. The smallest absolute Gasteiger partial charge is 0.230 e. The first kappa shape index (κ1) is 17.1. The number of aryl methyl sites for hydroxylation is 2. The number of rotatable bonds is 7. The van der Waals surface area contributed by atoms with Gasteiger partial charge in [-0.05, 0) is 44.0 Å². The van der Waals surface area contributed by atoms with E-state index in [2.05, 4.69) is 5.32 Å². The van der Waals surface area contributed by atoms with Crippen LogP contribution in [-0.4, -0.2) is 35.7 Å². The third kappa shape index (κ3) is 6.37. The van der Waals surface area contributed by atoms with Crippen LogP contribution in [0.2, 0.25) is 0 Å². The topological polar surface area (TPSA) is 106 Å². The van der Waals surface area contributed by atoms with E-state index in [1.54, 1.807) is 6.92 Å². The van der Waals surface area contributed by atoms with E-state index in [-0.39, 0.29) is 13.0 Å². The quantitative estimate of drug-likeness (QED) is 0.581. The average molecular weight is 294 g/mol. The van der Waals surface area contributed by atoms with Gasteiger partial charge in [0.2, 0.25) is 5.91 Å². The molecule has 2 atom stereocenters. The Morgan fingerprint density at radius 1 is 1.29 bits per heavy atom.